The minimum atomic E-state index is -0.534. The molecule has 0 aliphatic carbocycles. The molecule has 0 bridgehead atoms. The third kappa shape index (κ3) is 3.72. The molecule has 1 rings (SSSR count). The van der Waals surface area contributed by atoms with Crippen molar-refractivity contribution in [3.63, 3.8) is 0 Å². The van der Waals surface area contributed by atoms with Crippen LogP contribution in [-0.2, 0) is 9.53 Å². The molecule has 1 fully saturated rings. The van der Waals surface area contributed by atoms with Crippen molar-refractivity contribution in [2.24, 2.45) is 0 Å². The van der Waals surface area contributed by atoms with E-state index >= 15 is 0 Å². The third-order valence-electron chi connectivity index (χ3n) is 2.35. The summed E-state index contributed by atoms with van der Waals surface area (Å²) in [6.45, 7) is 6.13. The molecule has 1 atom stereocenters. The van der Waals surface area contributed by atoms with Gasteiger partial charge in [-0.2, -0.15) is 0 Å². The van der Waals surface area contributed by atoms with Crippen LogP contribution in [-0.4, -0.2) is 42.1 Å². The molecule has 5 nitrogen and oxygen atoms in total. The fraction of sp³-hybridized carbons (Fsp3) is 0.818. The van der Waals surface area contributed by atoms with E-state index in [-0.39, 0.29) is 5.91 Å². The van der Waals surface area contributed by atoms with Crippen molar-refractivity contribution in [3.8, 4) is 0 Å². The lowest BCUT2D eigenvalue weighted by atomic mass is 10.1. The van der Waals surface area contributed by atoms with E-state index in [1.807, 2.05) is 0 Å². The smallest absolute Gasteiger partial charge is 0.408 e. The number of amides is 2. The van der Waals surface area contributed by atoms with Crippen LogP contribution in [0.3, 0.4) is 0 Å². The molecule has 16 heavy (non-hydrogen) atoms. The summed E-state index contributed by atoms with van der Waals surface area (Å²) in [6.07, 6.45) is 1.06. The van der Waals surface area contributed by atoms with Gasteiger partial charge in [0.15, 0.2) is 0 Å². The van der Waals surface area contributed by atoms with Crippen LogP contribution in [0.15, 0.2) is 0 Å². The van der Waals surface area contributed by atoms with Crippen LogP contribution in [0.4, 0.5) is 4.79 Å². The average molecular weight is 228 g/mol. The molecule has 0 radical (unpaired) electrons. The number of carbonyl (C=O) groups excluding carboxylic acids is 2. The van der Waals surface area contributed by atoms with Crippen LogP contribution >= 0.6 is 0 Å². The van der Waals surface area contributed by atoms with E-state index < -0.39 is 17.7 Å². The number of likely N-dealkylation sites (tertiary alicyclic amines) is 1. The highest BCUT2D eigenvalue weighted by atomic mass is 16.6. The van der Waals surface area contributed by atoms with Gasteiger partial charge < -0.3 is 15.0 Å². The molecule has 1 aliphatic heterocycles. The molecular formula is C11H20N2O3. The third-order valence-corrected chi connectivity index (χ3v) is 2.35. The molecule has 1 aliphatic rings. The summed E-state index contributed by atoms with van der Waals surface area (Å²) in [5, 5.41) is 2.60. The summed E-state index contributed by atoms with van der Waals surface area (Å²) < 4.78 is 5.10. The maximum Gasteiger partial charge on any atom is 0.408 e. The average Bonchev–Trinajstić information content (AvgIpc) is 2.09. The maximum atomic E-state index is 11.7. The SMILES string of the molecule is CN1CCCC(NC(=O)OC(C)(C)C)C1=O. The van der Waals surface area contributed by atoms with Gasteiger partial charge in [0.05, 0.1) is 0 Å². The van der Waals surface area contributed by atoms with Crippen molar-refractivity contribution in [1.82, 2.24) is 10.2 Å². The summed E-state index contributed by atoms with van der Waals surface area (Å²) >= 11 is 0. The van der Waals surface area contributed by atoms with Crippen molar-refractivity contribution in [2.45, 2.75) is 45.3 Å². The van der Waals surface area contributed by atoms with Crippen molar-refractivity contribution >= 4 is 12.0 Å². The molecule has 1 saturated heterocycles. The number of hydrogen-bond donors (Lipinski definition) is 1. The van der Waals surface area contributed by atoms with E-state index in [1.165, 1.54) is 0 Å². The lowest BCUT2D eigenvalue weighted by Gasteiger charge is -2.30. The first kappa shape index (κ1) is 12.8. The van der Waals surface area contributed by atoms with Gasteiger partial charge in [-0.25, -0.2) is 4.79 Å². The van der Waals surface area contributed by atoms with Crippen molar-refractivity contribution < 1.29 is 14.3 Å². The number of nitrogens with zero attached hydrogens (tertiary/aromatic N) is 1. The van der Waals surface area contributed by atoms with E-state index in [9.17, 15) is 9.59 Å². The molecule has 0 aromatic rings. The summed E-state index contributed by atoms with van der Waals surface area (Å²) in [4.78, 5) is 24.8. The fourth-order valence-corrected chi connectivity index (χ4v) is 1.62. The number of piperidine rings is 1. The van der Waals surface area contributed by atoms with E-state index in [2.05, 4.69) is 5.32 Å². The second-order valence-electron chi connectivity index (χ2n) is 5.10. The second kappa shape index (κ2) is 4.72. The summed E-state index contributed by atoms with van der Waals surface area (Å²) in [6, 6.07) is -0.436. The van der Waals surface area contributed by atoms with Crippen LogP contribution in [0.1, 0.15) is 33.6 Å². The van der Waals surface area contributed by atoms with Crippen LogP contribution in [0.2, 0.25) is 0 Å². The summed E-state index contributed by atoms with van der Waals surface area (Å²) in [5.41, 5.74) is -0.534. The Labute approximate surface area is 96.1 Å². The predicted molar refractivity (Wildman–Crippen MR) is 60.0 cm³/mol. The standard InChI is InChI=1S/C11H20N2O3/c1-11(2,3)16-10(15)12-8-6-5-7-13(4)9(8)14/h8H,5-7H2,1-4H3,(H,12,15). The predicted octanol–water partition coefficient (Wildman–Crippen LogP) is 1.13. The Kier molecular flexibility index (Phi) is 3.78. The Morgan fingerprint density at radius 3 is 2.69 bits per heavy atom. The molecule has 0 aromatic heterocycles. The number of rotatable bonds is 1. The Balaban J connectivity index is 2.47. The molecule has 0 saturated carbocycles. The molecule has 1 N–H and O–H groups in total. The van der Waals surface area contributed by atoms with E-state index in [0.29, 0.717) is 6.42 Å². The molecule has 92 valence electrons. The summed E-state index contributed by atoms with van der Waals surface area (Å²) in [7, 11) is 1.74. The first-order valence-electron chi connectivity index (χ1n) is 5.54. The number of alkyl carbamates (subject to hydrolysis) is 1. The molecule has 5 heteroatoms. The minimum absolute atomic E-state index is 0.0443. The Morgan fingerprint density at radius 2 is 2.12 bits per heavy atom. The second-order valence-corrected chi connectivity index (χ2v) is 5.10. The summed E-state index contributed by atoms with van der Waals surface area (Å²) in [5.74, 6) is -0.0443. The van der Waals surface area contributed by atoms with Crippen LogP contribution in [0, 0.1) is 0 Å². The van der Waals surface area contributed by atoms with Gasteiger partial charge >= 0.3 is 6.09 Å². The van der Waals surface area contributed by atoms with Gasteiger partial charge in [-0.3, -0.25) is 4.79 Å². The Hall–Kier alpha value is -1.26. The highest BCUT2D eigenvalue weighted by Crippen LogP contribution is 2.11. The zero-order valence-electron chi connectivity index (χ0n) is 10.4. The zero-order chi connectivity index (χ0) is 12.3. The molecule has 0 aromatic carbocycles. The van der Waals surface area contributed by atoms with Gasteiger partial charge in [0.2, 0.25) is 5.91 Å². The topological polar surface area (TPSA) is 58.6 Å². The Morgan fingerprint density at radius 1 is 1.50 bits per heavy atom. The van der Waals surface area contributed by atoms with E-state index in [1.54, 1.807) is 32.7 Å². The number of hydrogen-bond acceptors (Lipinski definition) is 3. The number of ether oxygens (including phenoxy) is 1. The van der Waals surface area contributed by atoms with Crippen molar-refractivity contribution in [2.75, 3.05) is 13.6 Å². The number of nitrogens with one attached hydrogen (secondary N) is 1. The highest BCUT2D eigenvalue weighted by Gasteiger charge is 2.29. The quantitative estimate of drug-likeness (QED) is 0.732. The fourth-order valence-electron chi connectivity index (χ4n) is 1.62. The monoisotopic (exact) mass is 228 g/mol. The van der Waals surface area contributed by atoms with Crippen LogP contribution in [0.25, 0.3) is 0 Å². The number of carbonyl (C=O) groups is 2. The van der Waals surface area contributed by atoms with Crippen molar-refractivity contribution in [3.05, 3.63) is 0 Å². The first-order chi connectivity index (χ1) is 7.29. The van der Waals surface area contributed by atoms with E-state index in [4.69, 9.17) is 4.74 Å². The minimum Gasteiger partial charge on any atom is -0.444 e. The molecule has 2 amide bonds. The number of likely N-dealkylation sites (N-methyl/N-ethyl adjacent to an activating group) is 1. The van der Waals surface area contributed by atoms with Gasteiger partial charge in [-0.1, -0.05) is 0 Å². The van der Waals surface area contributed by atoms with Gasteiger partial charge in [-0.15, -0.1) is 0 Å². The van der Waals surface area contributed by atoms with Crippen molar-refractivity contribution in [1.29, 1.82) is 0 Å². The van der Waals surface area contributed by atoms with Gasteiger partial charge in [0, 0.05) is 13.6 Å². The van der Waals surface area contributed by atoms with Gasteiger partial charge in [-0.05, 0) is 33.6 Å². The molecular weight excluding hydrogens is 208 g/mol. The van der Waals surface area contributed by atoms with Gasteiger partial charge in [0.1, 0.15) is 11.6 Å². The van der Waals surface area contributed by atoms with Crippen LogP contribution < -0.4 is 5.32 Å². The van der Waals surface area contributed by atoms with Gasteiger partial charge in [0.25, 0.3) is 0 Å². The molecule has 1 heterocycles. The molecule has 0 spiro atoms. The van der Waals surface area contributed by atoms with Crippen LogP contribution in [0.5, 0.6) is 0 Å². The largest absolute Gasteiger partial charge is 0.444 e. The first-order valence-corrected chi connectivity index (χ1v) is 5.54. The molecule has 1 unspecified atom stereocenters. The lowest BCUT2D eigenvalue weighted by Crippen LogP contribution is -2.51. The maximum absolute atomic E-state index is 11.7. The normalized spacial score (nSPS) is 21.9. The highest BCUT2D eigenvalue weighted by molar-refractivity contribution is 5.86. The van der Waals surface area contributed by atoms with E-state index in [0.717, 1.165) is 13.0 Å². The Bertz CT molecular complexity index is 283. The lowest BCUT2D eigenvalue weighted by molar-refractivity contribution is -0.134. The zero-order valence-corrected chi connectivity index (χ0v) is 10.4.